The van der Waals surface area contributed by atoms with Crippen LogP contribution >= 0.6 is 11.8 Å². The maximum Gasteiger partial charge on any atom is 0.164 e. The molecule has 2 aromatic heterocycles. The lowest BCUT2D eigenvalue weighted by atomic mass is 9.99. The predicted octanol–water partition coefficient (Wildman–Crippen LogP) is 10.7. The Kier molecular flexibility index (Phi) is 5.99. The highest BCUT2D eigenvalue weighted by Crippen LogP contribution is 2.48. The second kappa shape index (κ2) is 10.5. The lowest BCUT2D eigenvalue weighted by molar-refractivity contribution is 0.454. The summed E-state index contributed by atoms with van der Waals surface area (Å²) >= 11 is 1.73. The summed E-state index contributed by atoms with van der Waals surface area (Å²) in [7, 11) is 0. The Bertz CT molecular complexity index is 2330. The first-order chi connectivity index (χ1) is 22.3. The standard InChI is InChI=1S/C39H23N3O2S/c1-3-10-24(11-4-1)37-40-38(25-12-5-2-6-13-25)42-39(41-37)27-18-20-29-33(22-27)44-32-16-9-14-28(36(29)32)26-19-21-31-35(23-26)45-34-17-8-7-15-30(34)43-31/h1-23H. The molecule has 0 atom stereocenters. The Labute approximate surface area is 263 Å². The molecule has 0 spiro atoms. The normalized spacial score (nSPS) is 12.1. The summed E-state index contributed by atoms with van der Waals surface area (Å²) in [6, 6.07) is 47.0. The van der Waals surface area contributed by atoms with Gasteiger partial charge in [-0.05, 0) is 53.6 Å². The van der Waals surface area contributed by atoms with E-state index in [1.54, 1.807) is 11.8 Å². The molecule has 45 heavy (non-hydrogen) atoms. The van der Waals surface area contributed by atoms with Crippen LogP contribution in [0.4, 0.5) is 0 Å². The van der Waals surface area contributed by atoms with Crippen LogP contribution in [0.25, 0.3) is 67.2 Å². The largest absolute Gasteiger partial charge is 0.456 e. The van der Waals surface area contributed by atoms with Gasteiger partial charge in [0.15, 0.2) is 17.5 Å². The van der Waals surface area contributed by atoms with Crippen molar-refractivity contribution in [3.05, 3.63) is 140 Å². The van der Waals surface area contributed by atoms with Gasteiger partial charge in [0.05, 0.1) is 9.79 Å². The summed E-state index contributed by atoms with van der Waals surface area (Å²) in [5, 5.41) is 2.11. The van der Waals surface area contributed by atoms with Crippen molar-refractivity contribution in [2.24, 2.45) is 0 Å². The molecule has 0 bridgehead atoms. The van der Waals surface area contributed by atoms with Gasteiger partial charge in [-0.2, -0.15) is 0 Å². The Morgan fingerprint density at radius 2 is 1.09 bits per heavy atom. The van der Waals surface area contributed by atoms with E-state index in [9.17, 15) is 0 Å². The summed E-state index contributed by atoms with van der Waals surface area (Å²) in [6.07, 6.45) is 0. The van der Waals surface area contributed by atoms with Gasteiger partial charge < -0.3 is 9.15 Å². The Morgan fingerprint density at radius 3 is 1.84 bits per heavy atom. The minimum absolute atomic E-state index is 0.595. The zero-order chi connectivity index (χ0) is 29.7. The van der Waals surface area contributed by atoms with Gasteiger partial charge in [0.2, 0.25) is 0 Å². The van der Waals surface area contributed by atoms with Gasteiger partial charge in [-0.3, -0.25) is 0 Å². The van der Waals surface area contributed by atoms with E-state index in [2.05, 4.69) is 42.5 Å². The zero-order valence-corrected chi connectivity index (χ0v) is 24.7. The van der Waals surface area contributed by atoms with E-state index in [1.807, 2.05) is 97.1 Å². The van der Waals surface area contributed by atoms with E-state index in [0.29, 0.717) is 17.5 Å². The van der Waals surface area contributed by atoms with Crippen LogP contribution in [0, 0.1) is 0 Å². The van der Waals surface area contributed by atoms with Gasteiger partial charge in [0.25, 0.3) is 0 Å². The number of para-hydroxylation sites is 1. The van der Waals surface area contributed by atoms with Crippen LogP contribution in [0.15, 0.2) is 154 Å². The molecule has 5 nitrogen and oxygen atoms in total. The maximum absolute atomic E-state index is 6.46. The van der Waals surface area contributed by atoms with Crippen LogP contribution in [-0.4, -0.2) is 15.0 Å². The van der Waals surface area contributed by atoms with Crippen LogP contribution in [0.1, 0.15) is 0 Å². The summed E-state index contributed by atoms with van der Waals surface area (Å²) in [5.74, 6) is 3.62. The molecule has 212 valence electrons. The number of ether oxygens (including phenoxy) is 1. The molecule has 0 N–H and O–H groups in total. The summed E-state index contributed by atoms with van der Waals surface area (Å²) in [4.78, 5) is 16.8. The number of rotatable bonds is 4. The number of benzene rings is 6. The fraction of sp³-hybridized carbons (Fsp3) is 0. The molecule has 1 aliphatic rings. The van der Waals surface area contributed by atoms with Crippen LogP contribution in [0.3, 0.4) is 0 Å². The number of fused-ring (bicyclic) bond motifs is 5. The Hall–Kier alpha value is -5.72. The molecule has 6 aromatic carbocycles. The average molecular weight is 598 g/mol. The lowest BCUT2D eigenvalue weighted by Crippen LogP contribution is -2.00. The van der Waals surface area contributed by atoms with Crippen molar-refractivity contribution in [1.29, 1.82) is 0 Å². The highest BCUT2D eigenvalue weighted by atomic mass is 32.2. The van der Waals surface area contributed by atoms with Gasteiger partial charge in [-0.1, -0.05) is 109 Å². The van der Waals surface area contributed by atoms with Crippen molar-refractivity contribution < 1.29 is 9.15 Å². The first kappa shape index (κ1) is 25.7. The molecule has 0 unspecified atom stereocenters. The number of hydrogen-bond donors (Lipinski definition) is 0. The third kappa shape index (κ3) is 4.55. The molecule has 6 heteroatoms. The molecule has 0 radical (unpaired) electrons. The van der Waals surface area contributed by atoms with Gasteiger partial charge in [0, 0.05) is 27.5 Å². The van der Waals surface area contributed by atoms with Crippen LogP contribution in [-0.2, 0) is 0 Å². The van der Waals surface area contributed by atoms with Crippen molar-refractivity contribution in [1.82, 2.24) is 15.0 Å². The smallest absolute Gasteiger partial charge is 0.164 e. The maximum atomic E-state index is 6.46. The van der Waals surface area contributed by atoms with Crippen molar-refractivity contribution in [2.75, 3.05) is 0 Å². The third-order valence-corrected chi connectivity index (χ3v) is 9.09. The summed E-state index contributed by atoms with van der Waals surface area (Å²) in [6.45, 7) is 0. The van der Waals surface area contributed by atoms with E-state index >= 15 is 0 Å². The van der Waals surface area contributed by atoms with Crippen LogP contribution in [0.2, 0.25) is 0 Å². The summed E-state index contributed by atoms with van der Waals surface area (Å²) < 4.78 is 12.6. The fourth-order valence-electron chi connectivity index (χ4n) is 5.84. The topological polar surface area (TPSA) is 61.0 Å². The third-order valence-electron chi connectivity index (χ3n) is 8.00. The molecule has 1 aliphatic heterocycles. The molecule has 8 aromatic rings. The second-order valence-electron chi connectivity index (χ2n) is 10.8. The average Bonchev–Trinajstić information content (AvgIpc) is 3.49. The number of aromatic nitrogens is 3. The number of hydrogen-bond acceptors (Lipinski definition) is 6. The molecule has 3 heterocycles. The molecule has 0 aliphatic carbocycles. The quantitative estimate of drug-likeness (QED) is 0.201. The van der Waals surface area contributed by atoms with E-state index in [4.69, 9.17) is 24.1 Å². The molecule has 0 fully saturated rings. The minimum atomic E-state index is 0.595. The van der Waals surface area contributed by atoms with E-state index in [-0.39, 0.29) is 0 Å². The molecular formula is C39H23N3O2S. The van der Waals surface area contributed by atoms with Crippen LogP contribution < -0.4 is 4.74 Å². The van der Waals surface area contributed by atoms with Crippen molar-refractivity contribution in [2.45, 2.75) is 9.79 Å². The van der Waals surface area contributed by atoms with Crippen molar-refractivity contribution in [3.63, 3.8) is 0 Å². The van der Waals surface area contributed by atoms with Crippen LogP contribution in [0.5, 0.6) is 11.5 Å². The molecule has 0 amide bonds. The van der Waals surface area contributed by atoms with Gasteiger partial charge >= 0.3 is 0 Å². The van der Waals surface area contributed by atoms with Gasteiger partial charge in [-0.25, -0.2) is 15.0 Å². The highest BCUT2D eigenvalue weighted by Gasteiger charge is 2.20. The van der Waals surface area contributed by atoms with Gasteiger partial charge in [0.1, 0.15) is 22.7 Å². The number of nitrogens with zero attached hydrogens (tertiary/aromatic N) is 3. The SMILES string of the molecule is c1ccc(-c2nc(-c3ccccc3)nc(-c3ccc4c(c3)oc3cccc(-c5ccc6c(c5)Sc5ccccc5O6)c34)n2)cc1. The van der Waals surface area contributed by atoms with Gasteiger partial charge in [-0.15, -0.1) is 0 Å². The first-order valence-corrected chi connectivity index (χ1v) is 15.5. The predicted molar refractivity (Wildman–Crippen MR) is 179 cm³/mol. The van der Waals surface area contributed by atoms with Crippen molar-refractivity contribution in [3.8, 4) is 56.8 Å². The highest BCUT2D eigenvalue weighted by molar-refractivity contribution is 7.99. The van der Waals surface area contributed by atoms with Crippen molar-refractivity contribution >= 4 is 33.7 Å². The van der Waals surface area contributed by atoms with E-state index < -0.39 is 0 Å². The second-order valence-corrected chi connectivity index (χ2v) is 11.9. The molecule has 0 saturated heterocycles. The number of furan rings is 1. The summed E-state index contributed by atoms with van der Waals surface area (Å²) in [5.41, 5.74) is 6.56. The zero-order valence-electron chi connectivity index (χ0n) is 23.8. The first-order valence-electron chi connectivity index (χ1n) is 14.7. The molecular weight excluding hydrogens is 575 g/mol. The Morgan fingerprint density at radius 1 is 0.444 bits per heavy atom. The lowest BCUT2D eigenvalue weighted by Gasteiger charge is -2.20. The van der Waals surface area contributed by atoms with E-state index in [0.717, 1.165) is 71.0 Å². The molecule has 0 saturated carbocycles. The monoisotopic (exact) mass is 597 g/mol. The Balaban J connectivity index is 1.16. The fourth-order valence-corrected chi connectivity index (χ4v) is 6.83. The molecule has 9 rings (SSSR count). The van der Waals surface area contributed by atoms with E-state index in [1.165, 1.54) is 0 Å². The minimum Gasteiger partial charge on any atom is -0.456 e.